The molecule has 4 aromatic rings. The average Bonchev–Trinajstić information content (AvgIpc) is 3.40. The third-order valence-corrected chi connectivity index (χ3v) is 6.03. The molecule has 3 aromatic heterocycles. The van der Waals surface area contributed by atoms with Crippen molar-refractivity contribution in [1.82, 2.24) is 24.7 Å². The van der Waals surface area contributed by atoms with Crippen LogP contribution in [0, 0.1) is 20.8 Å². The Balaban J connectivity index is 1.49. The van der Waals surface area contributed by atoms with Crippen molar-refractivity contribution in [2.24, 2.45) is 0 Å². The number of carbonyl (C=O) groups is 1. The third-order valence-electron chi connectivity index (χ3n) is 4.95. The molecule has 10 heteroatoms. The highest BCUT2D eigenvalue weighted by molar-refractivity contribution is 9.10. The summed E-state index contributed by atoms with van der Waals surface area (Å²) in [5.41, 5.74) is 4.09. The number of nitrogens with zero attached hydrogens (tertiary/aromatic N) is 5. The SMILES string of the molecule is Cc1nn(Cc2c(C(=O)Nc3cnn(Cc4ccc(Br)cc4)c3)noc2C)c(C)c1Cl. The number of hydrogen-bond acceptors (Lipinski definition) is 5. The molecule has 1 aromatic carbocycles. The van der Waals surface area contributed by atoms with Crippen LogP contribution >= 0.6 is 27.5 Å². The fourth-order valence-corrected chi connectivity index (χ4v) is 3.62. The van der Waals surface area contributed by atoms with Gasteiger partial charge in [-0.05, 0) is 38.5 Å². The minimum atomic E-state index is -0.373. The summed E-state index contributed by atoms with van der Waals surface area (Å²) in [6.07, 6.45) is 3.37. The first kappa shape index (κ1) is 21.3. The predicted octanol–water partition coefficient (Wildman–Crippen LogP) is 4.76. The Morgan fingerprint density at radius 1 is 1.19 bits per heavy atom. The normalized spacial score (nSPS) is 11.1. The Hall–Kier alpha value is -2.91. The molecule has 0 atom stereocenters. The first-order valence-corrected chi connectivity index (χ1v) is 10.7. The minimum absolute atomic E-state index is 0.210. The number of hydrogen-bond donors (Lipinski definition) is 1. The first-order valence-electron chi connectivity index (χ1n) is 9.54. The second kappa shape index (κ2) is 8.68. The fourth-order valence-electron chi connectivity index (χ4n) is 3.22. The van der Waals surface area contributed by atoms with Crippen molar-refractivity contribution >= 4 is 39.1 Å². The lowest BCUT2D eigenvalue weighted by Crippen LogP contribution is -2.16. The molecule has 0 spiro atoms. The van der Waals surface area contributed by atoms with E-state index < -0.39 is 0 Å². The predicted molar refractivity (Wildman–Crippen MR) is 120 cm³/mol. The number of aryl methyl sites for hydroxylation is 2. The molecular weight excluding hydrogens is 484 g/mol. The van der Waals surface area contributed by atoms with Crippen LogP contribution in [0.2, 0.25) is 5.02 Å². The first-order chi connectivity index (χ1) is 14.8. The van der Waals surface area contributed by atoms with Gasteiger partial charge in [-0.25, -0.2) is 0 Å². The summed E-state index contributed by atoms with van der Waals surface area (Å²) in [5.74, 6) is 0.183. The standard InChI is InChI=1S/C21H20BrClN6O2/c1-12-19(23)13(2)29(26-12)11-18-14(3)31-27-20(18)21(30)25-17-8-24-28(10-17)9-15-4-6-16(22)7-5-15/h4-8,10H,9,11H2,1-3H3,(H,25,30). The molecule has 160 valence electrons. The molecule has 8 nitrogen and oxygen atoms in total. The Bertz CT molecular complexity index is 1240. The number of aromatic nitrogens is 5. The van der Waals surface area contributed by atoms with Gasteiger partial charge < -0.3 is 9.84 Å². The van der Waals surface area contributed by atoms with E-state index in [-0.39, 0.29) is 11.6 Å². The van der Waals surface area contributed by atoms with Crippen molar-refractivity contribution < 1.29 is 9.32 Å². The molecule has 3 heterocycles. The molecule has 1 amide bonds. The van der Waals surface area contributed by atoms with E-state index in [9.17, 15) is 4.79 Å². The second-order valence-corrected chi connectivity index (χ2v) is 8.51. The van der Waals surface area contributed by atoms with E-state index in [0.29, 0.717) is 35.1 Å². The minimum Gasteiger partial charge on any atom is -0.361 e. The van der Waals surface area contributed by atoms with Gasteiger partial charge in [0.25, 0.3) is 5.91 Å². The van der Waals surface area contributed by atoms with Gasteiger partial charge in [-0.2, -0.15) is 10.2 Å². The maximum Gasteiger partial charge on any atom is 0.278 e. The van der Waals surface area contributed by atoms with Crippen LogP contribution in [0.4, 0.5) is 5.69 Å². The van der Waals surface area contributed by atoms with E-state index in [1.165, 1.54) is 0 Å². The van der Waals surface area contributed by atoms with Crippen LogP contribution < -0.4 is 5.32 Å². The molecule has 0 aliphatic heterocycles. The smallest absolute Gasteiger partial charge is 0.278 e. The van der Waals surface area contributed by atoms with Gasteiger partial charge in [-0.3, -0.25) is 14.2 Å². The number of rotatable bonds is 6. The molecule has 0 saturated carbocycles. The van der Waals surface area contributed by atoms with E-state index in [2.05, 4.69) is 36.6 Å². The molecule has 0 saturated heterocycles. The average molecular weight is 504 g/mol. The van der Waals surface area contributed by atoms with Gasteiger partial charge in [0.15, 0.2) is 5.69 Å². The lowest BCUT2D eigenvalue weighted by atomic mass is 10.2. The Labute approximate surface area is 192 Å². The number of halogens is 2. The molecule has 0 unspecified atom stereocenters. The van der Waals surface area contributed by atoms with Crippen LogP contribution in [-0.2, 0) is 13.1 Å². The summed E-state index contributed by atoms with van der Waals surface area (Å²) < 4.78 is 9.80. The number of nitrogens with one attached hydrogen (secondary N) is 1. The van der Waals surface area contributed by atoms with Crippen molar-refractivity contribution in [1.29, 1.82) is 0 Å². The summed E-state index contributed by atoms with van der Waals surface area (Å²) in [7, 11) is 0. The Morgan fingerprint density at radius 3 is 2.61 bits per heavy atom. The number of carbonyl (C=O) groups excluding carboxylic acids is 1. The van der Waals surface area contributed by atoms with Crippen molar-refractivity contribution in [2.75, 3.05) is 5.32 Å². The monoisotopic (exact) mass is 502 g/mol. The van der Waals surface area contributed by atoms with Crippen molar-refractivity contribution in [3.8, 4) is 0 Å². The largest absolute Gasteiger partial charge is 0.361 e. The molecule has 0 bridgehead atoms. The summed E-state index contributed by atoms with van der Waals surface area (Å²) in [6, 6.07) is 7.98. The van der Waals surface area contributed by atoms with Crippen molar-refractivity contribution in [3.05, 3.63) is 80.1 Å². The van der Waals surface area contributed by atoms with Crippen LogP contribution in [0.1, 0.15) is 38.8 Å². The van der Waals surface area contributed by atoms with Crippen molar-refractivity contribution in [2.45, 2.75) is 33.9 Å². The maximum absolute atomic E-state index is 12.9. The zero-order valence-electron chi connectivity index (χ0n) is 17.2. The molecule has 31 heavy (non-hydrogen) atoms. The van der Waals surface area contributed by atoms with Gasteiger partial charge >= 0.3 is 0 Å². The Kier molecular flexibility index (Phi) is 5.97. The van der Waals surface area contributed by atoms with E-state index in [1.54, 1.807) is 28.7 Å². The lowest BCUT2D eigenvalue weighted by Gasteiger charge is -2.06. The van der Waals surface area contributed by atoms with Gasteiger partial charge in [0.2, 0.25) is 0 Å². The second-order valence-electron chi connectivity index (χ2n) is 7.22. The highest BCUT2D eigenvalue weighted by Gasteiger charge is 2.22. The highest BCUT2D eigenvalue weighted by Crippen LogP contribution is 2.23. The molecule has 0 aliphatic carbocycles. The van der Waals surface area contributed by atoms with E-state index in [4.69, 9.17) is 16.1 Å². The van der Waals surface area contributed by atoms with E-state index >= 15 is 0 Å². The topological polar surface area (TPSA) is 90.8 Å². The molecule has 1 N–H and O–H groups in total. The fraction of sp³-hybridized carbons (Fsp3) is 0.238. The van der Waals surface area contributed by atoms with Gasteiger partial charge in [0, 0.05) is 16.2 Å². The summed E-state index contributed by atoms with van der Waals surface area (Å²) in [4.78, 5) is 12.9. The van der Waals surface area contributed by atoms with Crippen LogP contribution in [-0.4, -0.2) is 30.6 Å². The molecular formula is C21H20BrClN6O2. The zero-order chi connectivity index (χ0) is 22.1. The van der Waals surface area contributed by atoms with Crippen molar-refractivity contribution in [3.63, 3.8) is 0 Å². The molecule has 4 rings (SSSR count). The number of benzene rings is 1. The number of amides is 1. The maximum atomic E-state index is 12.9. The summed E-state index contributed by atoms with van der Waals surface area (Å²) in [6.45, 7) is 6.41. The number of anilines is 1. The molecule has 0 aliphatic rings. The molecule has 0 fully saturated rings. The van der Waals surface area contributed by atoms with Crippen LogP contribution in [0.3, 0.4) is 0 Å². The van der Waals surface area contributed by atoms with Gasteiger partial charge in [0.05, 0.1) is 41.4 Å². The zero-order valence-corrected chi connectivity index (χ0v) is 19.5. The summed E-state index contributed by atoms with van der Waals surface area (Å²) >= 11 is 9.67. The van der Waals surface area contributed by atoms with Gasteiger partial charge in [-0.1, -0.05) is 44.8 Å². The molecule has 0 radical (unpaired) electrons. The van der Waals surface area contributed by atoms with Gasteiger partial charge in [0.1, 0.15) is 5.76 Å². The van der Waals surface area contributed by atoms with E-state index in [1.807, 2.05) is 38.1 Å². The van der Waals surface area contributed by atoms with Crippen LogP contribution in [0.15, 0.2) is 45.7 Å². The van der Waals surface area contributed by atoms with E-state index in [0.717, 1.165) is 21.4 Å². The Morgan fingerprint density at radius 2 is 1.94 bits per heavy atom. The van der Waals surface area contributed by atoms with Crippen LogP contribution in [0.5, 0.6) is 0 Å². The summed E-state index contributed by atoms with van der Waals surface area (Å²) in [5, 5.41) is 16.1. The van der Waals surface area contributed by atoms with Gasteiger partial charge in [-0.15, -0.1) is 0 Å². The van der Waals surface area contributed by atoms with Crippen LogP contribution in [0.25, 0.3) is 0 Å². The highest BCUT2D eigenvalue weighted by atomic mass is 79.9. The third kappa shape index (κ3) is 4.57. The quantitative estimate of drug-likeness (QED) is 0.410. The lowest BCUT2D eigenvalue weighted by molar-refractivity contribution is 0.101.